The summed E-state index contributed by atoms with van der Waals surface area (Å²) in [6.45, 7) is 2.15. The molecule has 0 saturated carbocycles. The van der Waals surface area contributed by atoms with Crippen molar-refractivity contribution in [1.82, 2.24) is 0 Å². The van der Waals surface area contributed by atoms with Gasteiger partial charge in [0.05, 0.1) is 11.8 Å². The molecule has 0 rings (SSSR count). The summed E-state index contributed by atoms with van der Waals surface area (Å²) in [7, 11) is 0. The van der Waals surface area contributed by atoms with Gasteiger partial charge in [0, 0.05) is 5.75 Å². The van der Waals surface area contributed by atoms with Crippen LogP contribution in [0.2, 0.25) is 0 Å². The average Bonchev–Trinajstić information content (AvgIpc) is 1.41. The van der Waals surface area contributed by atoms with E-state index in [0.29, 0.717) is 0 Å². The average molecular weight is 216 g/mol. The molecule has 0 saturated heterocycles. The van der Waals surface area contributed by atoms with Crippen molar-refractivity contribution in [2.45, 2.75) is 13.3 Å². The van der Waals surface area contributed by atoms with E-state index in [4.69, 9.17) is 0 Å². The van der Waals surface area contributed by atoms with Crippen LogP contribution in [0.3, 0.4) is 0 Å². The Hall–Kier alpha value is 0.950. The third-order valence-corrected chi connectivity index (χ3v) is 1.05. The Kier molecular flexibility index (Phi) is 15.6. The summed E-state index contributed by atoms with van der Waals surface area (Å²) in [4.78, 5) is 0. The molecule has 0 bridgehead atoms. The molecule has 2 heteroatoms. The molecule has 0 aliphatic rings. The standard InChI is InChI=1S/C4H9S.HI/c1-3-4-5-2;/h2-4H2,1H3;1H/q+1;/p-1. The predicted octanol–water partition coefficient (Wildman–Crippen LogP) is -1.07. The second kappa shape index (κ2) is 9.34. The molecule has 0 amide bonds. The Morgan fingerprint density at radius 2 is 2.17 bits per heavy atom. The first kappa shape index (κ1) is 10.0. The van der Waals surface area contributed by atoms with Gasteiger partial charge in [-0.2, -0.15) is 0 Å². The van der Waals surface area contributed by atoms with Crippen LogP contribution in [0.4, 0.5) is 0 Å². The highest BCUT2D eigenvalue weighted by atomic mass is 127. The number of thioether (sulfide) groups is 1. The van der Waals surface area contributed by atoms with Crippen LogP contribution in [0.25, 0.3) is 0 Å². The van der Waals surface area contributed by atoms with E-state index in [2.05, 4.69) is 13.2 Å². The molecule has 0 fully saturated rings. The van der Waals surface area contributed by atoms with Crippen LogP contribution >= 0.6 is 11.8 Å². The summed E-state index contributed by atoms with van der Waals surface area (Å²) in [5.41, 5.74) is 0. The van der Waals surface area contributed by atoms with Crippen molar-refractivity contribution >= 4 is 11.8 Å². The lowest BCUT2D eigenvalue weighted by atomic mass is 10.6. The first-order chi connectivity index (χ1) is 2.41. The van der Waals surface area contributed by atoms with Crippen molar-refractivity contribution in [3.8, 4) is 0 Å². The fourth-order valence-electron chi connectivity index (χ4n) is 0.144. The maximum atomic E-state index is 3.59. The Morgan fingerprint density at radius 1 is 1.67 bits per heavy atom. The predicted molar refractivity (Wildman–Crippen MR) is 28.1 cm³/mol. The molecular weight excluding hydrogens is 207 g/mol. The Labute approximate surface area is 61.1 Å². The first-order valence-corrected chi connectivity index (χ1v) is 2.94. The molecule has 0 nitrogen and oxygen atoms in total. The summed E-state index contributed by atoms with van der Waals surface area (Å²) in [6.07, 6.45) is 4.84. The second-order valence-electron chi connectivity index (χ2n) is 0.908. The largest absolute Gasteiger partial charge is 1.00 e. The molecule has 0 aliphatic carbocycles. The van der Waals surface area contributed by atoms with Crippen molar-refractivity contribution < 1.29 is 24.0 Å². The van der Waals surface area contributed by atoms with E-state index in [1.807, 2.05) is 0 Å². The van der Waals surface area contributed by atoms with Crippen molar-refractivity contribution in [2.24, 2.45) is 0 Å². The van der Waals surface area contributed by atoms with E-state index in [9.17, 15) is 0 Å². The Balaban J connectivity index is 0. The molecule has 0 aromatic carbocycles. The van der Waals surface area contributed by atoms with Gasteiger partial charge in [-0.15, -0.1) is 0 Å². The van der Waals surface area contributed by atoms with Crippen LogP contribution < -0.4 is 24.0 Å². The van der Waals surface area contributed by atoms with Gasteiger partial charge >= 0.3 is 0 Å². The maximum Gasteiger partial charge on any atom is 0.128 e. The van der Waals surface area contributed by atoms with E-state index < -0.39 is 0 Å². The quantitative estimate of drug-likeness (QED) is 0.418. The van der Waals surface area contributed by atoms with Crippen LogP contribution in [0, 0.1) is 6.26 Å². The topological polar surface area (TPSA) is 0 Å². The molecule has 0 atom stereocenters. The molecule has 0 radical (unpaired) electrons. The molecule has 0 heterocycles. The molecule has 0 spiro atoms. The first-order valence-electron chi connectivity index (χ1n) is 1.78. The van der Waals surface area contributed by atoms with E-state index in [0.717, 1.165) is 0 Å². The highest BCUT2D eigenvalue weighted by Crippen LogP contribution is 1.94. The fourth-order valence-corrected chi connectivity index (χ4v) is 0.433. The molecular formula is C4H9IS. The lowest BCUT2D eigenvalue weighted by molar-refractivity contribution is -0.00000112. The highest BCUT2D eigenvalue weighted by Gasteiger charge is 1.76. The van der Waals surface area contributed by atoms with Gasteiger partial charge in [-0.25, -0.2) is 0 Å². The normalized spacial score (nSPS) is 6.83. The van der Waals surface area contributed by atoms with Crippen molar-refractivity contribution in [3.63, 3.8) is 0 Å². The summed E-state index contributed by atoms with van der Waals surface area (Å²) < 4.78 is 0. The zero-order chi connectivity index (χ0) is 4.12. The monoisotopic (exact) mass is 216 g/mol. The minimum absolute atomic E-state index is 0. The van der Waals surface area contributed by atoms with Crippen molar-refractivity contribution in [1.29, 1.82) is 0 Å². The number of hydrogen-bond acceptors (Lipinski definition) is 1. The summed E-state index contributed by atoms with van der Waals surface area (Å²) in [5.74, 6) is 1.19. The summed E-state index contributed by atoms with van der Waals surface area (Å²) in [6, 6.07) is 0. The van der Waals surface area contributed by atoms with Crippen molar-refractivity contribution in [3.05, 3.63) is 6.26 Å². The van der Waals surface area contributed by atoms with Crippen LogP contribution in [-0.2, 0) is 0 Å². The molecule has 0 unspecified atom stereocenters. The number of halogens is 1. The third-order valence-electron chi connectivity index (χ3n) is 0.348. The molecule has 38 valence electrons. The highest BCUT2D eigenvalue weighted by molar-refractivity contribution is 8.00. The maximum absolute atomic E-state index is 3.59. The van der Waals surface area contributed by atoms with Gasteiger partial charge in [0.25, 0.3) is 0 Å². The van der Waals surface area contributed by atoms with Gasteiger partial charge in [0.2, 0.25) is 0 Å². The minimum Gasteiger partial charge on any atom is -1.00 e. The van der Waals surface area contributed by atoms with Crippen LogP contribution in [0.15, 0.2) is 0 Å². The number of rotatable bonds is 2. The third kappa shape index (κ3) is 8.87. The Morgan fingerprint density at radius 3 is 2.17 bits per heavy atom. The zero-order valence-electron chi connectivity index (χ0n) is 3.91. The fraction of sp³-hybridized carbons (Fsp3) is 0.750. The minimum atomic E-state index is 0. The van der Waals surface area contributed by atoms with Crippen LogP contribution in [0.5, 0.6) is 0 Å². The SMILES string of the molecule is [CH2+]SCCC.[I-]. The van der Waals surface area contributed by atoms with Gasteiger partial charge in [-0.3, -0.25) is 0 Å². The van der Waals surface area contributed by atoms with Crippen molar-refractivity contribution in [2.75, 3.05) is 5.75 Å². The van der Waals surface area contributed by atoms with Gasteiger partial charge in [0.15, 0.2) is 0 Å². The molecule has 0 N–H and O–H groups in total. The van der Waals surface area contributed by atoms with E-state index >= 15 is 0 Å². The number of hydrogen-bond donors (Lipinski definition) is 0. The molecule has 6 heavy (non-hydrogen) atoms. The summed E-state index contributed by atoms with van der Waals surface area (Å²) >= 11 is 1.65. The Bertz CT molecular complexity index is 15.0. The van der Waals surface area contributed by atoms with Gasteiger partial charge < -0.3 is 24.0 Å². The van der Waals surface area contributed by atoms with E-state index in [-0.39, 0.29) is 24.0 Å². The van der Waals surface area contributed by atoms with E-state index in [1.165, 1.54) is 12.2 Å². The van der Waals surface area contributed by atoms with E-state index in [1.54, 1.807) is 11.8 Å². The van der Waals surface area contributed by atoms with Gasteiger partial charge in [0.1, 0.15) is 6.26 Å². The van der Waals surface area contributed by atoms with Crippen LogP contribution in [0.1, 0.15) is 13.3 Å². The lowest BCUT2D eigenvalue weighted by Crippen LogP contribution is -3.00. The van der Waals surface area contributed by atoms with Gasteiger partial charge in [-0.05, 0) is 6.42 Å². The van der Waals surface area contributed by atoms with Crippen LogP contribution in [-0.4, -0.2) is 5.75 Å². The second-order valence-corrected chi connectivity index (χ2v) is 1.72. The summed E-state index contributed by atoms with van der Waals surface area (Å²) in [5, 5.41) is 0. The molecule has 0 aromatic heterocycles. The smallest absolute Gasteiger partial charge is 0.128 e. The van der Waals surface area contributed by atoms with Gasteiger partial charge in [-0.1, -0.05) is 6.92 Å². The lowest BCUT2D eigenvalue weighted by Gasteiger charge is -1.71. The molecule has 0 aliphatic heterocycles. The molecule has 0 aromatic rings. The zero-order valence-corrected chi connectivity index (χ0v) is 6.88.